The highest BCUT2D eigenvalue weighted by molar-refractivity contribution is 6.32. The Balaban J connectivity index is 1.91. The molecule has 0 aliphatic heterocycles. The van der Waals surface area contributed by atoms with Crippen molar-refractivity contribution in [2.75, 3.05) is 10.6 Å². The van der Waals surface area contributed by atoms with Crippen molar-refractivity contribution in [2.45, 2.75) is 25.9 Å². The summed E-state index contributed by atoms with van der Waals surface area (Å²) in [5, 5.41) is 14.0. The third-order valence-corrected chi connectivity index (χ3v) is 4.99. The quantitative estimate of drug-likeness (QED) is 0.367. The Hall–Kier alpha value is -3.72. The van der Waals surface area contributed by atoms with Crippen molar-refractivity contribution in [2.24, 2.45) is 5.73 Å². The number of nitrogens with one attached hydrogen (secondary N) is 3. The molecule has 0 saturated carbocycles. The molecule has 166 valence electrons. The normalized spacial score (nSPS) is 11.6. The number of hydrogen-bond acceptors (Lipinski definition) is 6. The molecule has 32 heavy (non-hydrogen) atoms. The number of rotatable bonds is 9. The van der Waals surface area contributed by atoms with Crippen LogP contribution in [0.1, 0.15) is 24.5 Å². The highest BCUT2D eigenvalue weighted by Gasteiger charge is 2.14. The second kappa shape index (κ2) is 10.1. The van der Waals surface area contributed by atoms with Crippen LogP contribution in [-0.4, -0.2) is 27.7 Å². The Morgan fingerprint density at radius 2 is 2.12 bits per heavy atom. The lowest BCUT2D eigenvalue weighted by atomic mass is 10.2. The van der Waals surface area contributed by atoms with Crippen molar-refractivity contribution in [3.63, 3.8) is 0 Å². The van der Waals surface area contributed by atoms with Crippen molar-refractivity contribution in [1.82, 2.24) is 9.55 Å². The number of halogens is 2. The van der Waals surface area contributed by atoms with E-state index in [4.69, 9.17) is 22.7 Å². The molecule has 1 unspecified atom stereocenters. The number of amides is 1. The van der Waals surface area contributed by atoms with Gasteiger partial charge in [0.1, 0.15) is 11.6 Å². The molecule has 3 rings (SSSR count). The lowest BCUT2D eigenvalue weighted by Crippen LogP contribution is -2.25. The summed E-state index contributed by atoms with van der Waals surface area (Å²) in [5.74, 6) is -0.411. The number of carbonyl (C=O) groups is 1. The average Bonchev–Trinajstić information content (AvgIpc) is 2.74. The van der Waals surface area contributed by atoms with Crippen LogP contribution in [0.3, 0.4) is 0 Å². The highest BCUT2D eigenvalue weighted by Crippen LogP contribution is 2.23. The molecule has 2 heterocycles. The summed E-state index contributed by atoms with van der Waals surface area (Å²) in [4.78, 5) is 28.3. The van der Waals surface area contributed by atoms with Crippen molar-refractivity contribution >= 4 is 35.2 Å². The summed E-state index contributed by atoms with van der Waals surface area (Å²) in [6, 6.07) is 9.22. The highest BCUT2D eigenvalue weighted by atomic mass is 35.5. The summed E-state index contributed by atoms with van der Waals surface area (Å²) in [7, 11) is 0. The van der Waals surface area contributed by atoms with Gasteiger partial charge in [-0.15, -0.1) is 0 Å². The topological polar surface area (TPSA) is 126 Å². The van der Waals surface area contributed by atoms with Crippen LogP contribution in [0.2, 0.25) is 5.02 Å². The van der Waals surface area contributed by atoms with Crippen LogP contribution >= 0.6 is 11.6 Å². The molecule has 3 aromatic rings. The Morgan fingerprint density at radius 3 is 2.81 bits per heavy atom. The fourth-order valence-electron chi connectivity index (χ4n) is 3.16. The van der Waals surface area contributed by atoms with Crippen molar-refractivity contribution < 1.29 is 9.18 Å². The summed E-state index contributed by atoms with van der Waals surface area (Å²) in [5.41, 5.74) is 6.00. The number of aromatic nitrogens is 2. The van der Waals surface area contributed by atoms with Crippen LogP contribution in [0, 0.1) is 11.2 Å². The van der Waals surface area contributed by atoms with E-state index in [1.54, 1.807) is 37.3 Å². The minimum atomic E-state index is -0.484. The zero-order valence-electron chi connectivity index (χ0n) is 17.2. The Morgan fingerprint density at radius 1 is 1.38 bits per heavy atom. The van der Waals surface area contributed by atoms with Gasteiger partial charge in [0.2, 0.25) is 5.91 Å². The number of anilines is 2. The molecular formula is C22H22ClFN6O2. The maximum absolute atomic E-state index is 13.9. The third kappa shape index (κ3) is 5.30. The largest absolute Gasteiger partial charge is 0.380 e. The van der Waals surface area contributed by atoms with E-state index in [-0.39, 0.29) is 35.4 Å². The summed E-state index contributed by atoms with van der Waals surface area (Å²) in [6.07, 6.45) is 3.94. The number of nitrogens with two attached hydrogens (primary N) is 1. The van der Waals surface area contributed by atoms with E-state index in [9.17, 15) is 14.0 Å². The molecule has 8 nitrogen and oxygen atoms in total. The monoisotopic (exact) mass is 456 g/mol. The van der Waals surface area contributed by atoms with E-state index in [0.29, 0.717) is 22.8 Å². The summed E-state index contributed by atoms with van der Waals surface area (Å²) in [6.45, 7) is 1.93. The summed E-state index contributed by atoms with van der Waals surface area (Å²) >= 11 is 6.28. The number of benzene rings is 1. The molecule has 1 amide bonds. The third-order valence-electron chi connectivity index (χ3n) is 4.70. The zero-order chi connectivity index (χ0) is 23.3. The second-order valence-electron chi connectivity index (χ2n) is 7.14. The van der Waals surface area contributed by atoms with Gasteiger partial charge in [-0.2, -0.15) is 0 Å². The Kier molecular flexibility index (Phi) is 7.21. The first-order valence-corrected chi connectivity index (χ1v) is 10.1. The maximum atomic E-state index is 13.9. The molecule has 0 radical (unpaired) electrons. The number of hydrogen-bond donors (Lipinski definition) is 4. The van der Waals surface area contributed by atoms with E-state index in [1.165, 1.54) is 23.0 Å². The van der Waals surface area contributed by atoms with Gasteiger partial charge in [0.05, 0.1) is 28.2 Å². The zero-order valence-corrected chi connectivity index (χ0v) is 18.0. The van der Waals surface area contributed by atoms with Crippen LogP contribution in [0.4, 0.5) is 15.9 Å². The molecule has 0 aliphatic rings. The molecule has 1 atom stereocenters. The minimum absolute atomic E-state index is 0.0910. The fraction of sp³-hybridized carbons (Fsp3) is 0.182. The maximum Gasteiger partial charge on any atom is 0.266 e. The first-order chi connectivity index (χ1) is 15.3. The van der Waals surface area contributed by atoms with Crippen molar-refractivity contribution in [3.05, 3.63) is 81.1 Å². The first-order valence-electron chi connectivity index (χ1n) is 9.74. The van der Waals surface area contributed by atoms with Gasteiger partial charge in [0.25, 0.3) is 5.56 Å². The molecule has 0 bridgehead atoms. The number of primary amides is 1. The van der Waals surface area contributed by atoms with Gasteiger partial charge in [-0.05, 0) is 19.1 Å². The van der Waals surface area contributed by atoms with Crippen molar-refractivity contribution in [1.29, 1.82) is 5.41 Å². The van der Waals surface area contributed by atoms with Gasteiger partial charge in [0, 0.05) is 43.0 Å². The van der Waals surface area contributed by atoms with E-state index < -0.39 is 11.5 Å². The first kappa shape index (κ1) is 23.0. The molecule has 0 spiro atoms. The lowest BCUT2D eigenvalue weighted by molar-refractivity contribution is -0.118. The average molecular weight is 457 g/mol. The number of carbonyl (C=O) groups excluding carboxylic acids is 1. The number of nitrogens with zero attached hydrogens (tertiary/aromatic N) is 2. The molecule has 0 saturated heterocycles. The second-order valence-corrected chi connectivity index (χ2v) is 7.55. The Bertz CT molecular complexity index is 1210. The van der Waals surface area contributed by atoms with Crippen LogP contribution in [0.15, 0.2) is 53.6 Å². The molecule has 0 fully saturated rings. The van der Waals surface area contributed by atoms with Crippen LogP contribution in [0.25, 0.3) is 5.69 Å². The molecular weight excluding hydrogens is 435 g/mol. The fourth-order valence-corrected chi connectivity index (χ4v) is 3.36. The van der Waals surface area contributed by atoms with Gasteiger partial charge in [0.15, 0.2) is 0 Å². The van der Waals surface area contributed by atoms with Crippen LogP contribution in [0.5, 0.6) is 0 Å². The lowest BCUT2D eigenvalue weighted by Gasteiger charge is -2.16. The SMILES string of the molecule is CC(CC(N)=O)Nc1cc(-n2ccc(NCc3ccccc3F)c(C=N)c2=O)c(Cl)cn1. The van der Waals surface area contributed by atoms with E-state index in [1.807, 2.05) is 0 Å². The predicted octanol–water partition coefficient (Wildman–Crippen LogP) is 3.31. The predicted molar refractivity (Wildman–Crippen MR) is 123 cm³/mol. The van der Waals surface area contributed by atoms with Gasteiger partial charge in [-0.25, -0.2) is 9.37 Å². The van der Waals surface area contributed by atoms with Gasteiger partial charge >= 0.3 is 0 Å². The van der Waals surface area contributed by atoms with Gasteiger partial charge in [-0.3, -0.25) is 14.2 Å². The van der Waals surface area contributed by atoms with E-state index in [0.717, 1.165) is 6.21 Å². The standard InChI is InChI=1S/C22H22ClFN6O2/c1-13(8-20(26)31)29-21-9-19(16(23)12-28-21)30-7-6-18(15(10-25)22(30)32)27-11-14-4-2-3-5-17(14)24/h2-7,9-10,12-13,25,27H,8,11H2,1H3,(H2,26,31)(H,28,29). The molecule has 0 aliphatic carbocycles. The minimum Gasteiger partial charge on any atom is -0.380 e. The van der Waals surface area contributed by atoms with Crippen LogP contribution in [-0.2, 0) is 11.3 Å². The smallest absolute Gasteiger partial charge is 0.266 e. The molecule has 2 aromatic heterocycles. The van der Waals surface area contributed by atoms with Crippen molar-refractivity contribution in [3.8, 4) is 5.69 Å². The molecule has 10 heteroatoms. The van der Waals surface area contributed by atoms with E-state index >= 15 is 0 Å². The van der Waals surface area contributed by atoms with Gasteiger partial charge in [-0.1, -0.05) is 29.8 Å². The number of pyridine rings is 2. The van der Waals surface area contributed by atoms with Crippen LogP contribution < -0.4 is 21.9 Å². The summed E-state index contributed by atoms with van der Waals surface area (Å²) < 4.78 is 15.2. The van der Waals surface area contributed by atoms with E-state index in [2.05, 4.69) is 15.6 Å². The van der Waals surface area contributed by atoms with Gasteiger partial charge < -0.3 is 21.8 Å². The molecule has 1 aromatic carbocycles. The Labute approximate surface area is 188 Å². The molecule has 5 N–H and O–H groups in total.